The molecule has 2 saturated carbocycles. The number of nitrogens with one attached hydrogen (secondary N) is 1. The van der Waals surface area contributed by atoms with Gasteiger partial charge in [-0.25, -0.2) is 4.79 Å². The number of ether oxygens (including phenoxy) is 1. The zero-order valence-corrected chi connectivity index (χ0v) is 17.7. The molecule has 6 heteroatoms. The third-order valence-corrected chi connectivity index (χ3v) is 6.82. The number of nitrogens with zero attached hydrogens (tertiary/aromatic N) is 2. The van der Waals surface area contributed by atoms with E-state index in [2.05, 4.69) is 17.4 Å². The van der Waals surface area contributed by atoms with Gasteiger partial charge in [0.2, 0.25) is 5.91 Å². The molecule has 0 bridgehead atoms. The lowest BCUT2D eigenvalue weighted by molar-refractivity contribution is -0.141. The second-order valence-corrected chi connectivity index (χ2v) is 8.78. The van der Waals surface area contributed by atoms with Crippen LogP contribution in [0.15, 0.2) is 24.3 Å². The fourth-order valence-corrected chi connectivity index (χ4v) is 5.23. The lowest BCUT2D eigenvalue weighted by Gasteiger charge is -2.52. The van der Waals surface area contributed by atoms with E-state index < -0.39 is 0 Å². The first kappa shape index (κ1) is 20.0. The van der Waals surface area contributed by atoms with Gasteiger partial charge >= 0.3 is 6.03 Å². The van der Waals surface area contributed by atoms with Crippen LogP contribution < -0.4 is 10.1 Å². The number of piperazine rings is 1. The molecule has 158 valence electrons. The first-order valence-corrected chi connectivity index (χ1v) is 11.1. The minimum atomic E-state index is -0.155. The molecule has 0 aromatic heterocycles. The average Bonchev–Trinajstić information content (AvgIpc) is 3.48. The average molecular weight is 400 g/mol. The lowest BCUT2D eigenvalue weighted by Crippen LogP contribution is -2.66. The minimum absolute atomic E-state index is 0.0246. The third-order valence-electron chi connectivity index (χ3n) is 6.82. The number of hydrogen-bond donors (Lipinski definition) is 1. The smallest absolute Gasteiger partial charge is 0.317 e. The molecule has 1 heterocycles. The molecule has 1 aliphatic heterocycles. The van der Waals surface area contributed by atoms with Crippen LogP contribution in [0.5, 0.6) is 5.75 Å². The van der Waals surface area contributed by atoms with Crippen LogP contribution in [0.4, 0.5) is 4.79 Å². The molecular weight excluding hydrogens is 366 g/mol. The predicted molar refractivity (Wildman–Crippen MR) is 112 cm³/mol. The fourth-order valence-electron chi connectivity index (χ4n) is 5.23. The van der Waals surface area contributed by atoms with Gasteiger partial charge in [-0.15, -0.1) is 0 Å². The Morgan fingerprint density at radius 3 is 2.52 bits per heavy atom. The largest absolute Gasteiger partial charge is 0.494 e. The van der Waals surface area contributed by atoms with Crippen LogP contribution in [0.3, 0.4) is 0 Å². The normalized spacial score (nSPS) is 25.6. The van der Waals surface area contributed by atoms with E-state index in [9.17, 15) is 9.59 Å². The molecule has 2 aliphatic carbocycles. The van der Waals surface area contributed by atoms with Crippen molar-refractivity contribution in [2.45, 2.75) is 69.9 Å². The van der Waals surface area contributed by atoms with E-state index in [-0.39, 0.29) is 23.5 Å². The highest BCUT2D eigenvalue weighted by Crippen LogP contribution is 2.42. The van der Waals surface area contributed by atoms with Gasteiger partial charge in [0.05, 0.1) is 12.1 Å². The highest BCUT2D eigenvalue weighted by atomic mass is 16.5. The fraction of sp³-hybridized carbons (Fsp3) is 0.652. The number of benzene rings is 1. The zero-order valence-electron chi connectivity index (χ0n) is 17.7. The summed E-state index contributed by atoms with van der Waals surface area (Å²) < 4.78 is 5.51. The minimum Gasteiger partial charge on any atom is -0.494 e. The van der Waals surface area contributed by atoms with E-state index >= 15 is 0 Å². The Morgan fingerprint density at radius 2 is 1.86 bits per heavy atom. The molecule has 4 rings (SSSR count). The summed E-state index contributed by atoms with van der Waals surface area (Å²) in [6.45, 7) is 6.24. The highest BCUT2D eigenvalue weighted by Gasteiger charge is 2.46. The van der Waals surface area contributed by atoms with E-state index in [1.165, 1.54) is 12.0 Å². The van der Waals surface area contributed by atoms with Gasteiger partial charge in [-0.1, -0.05) is 31.4 Å². The van der Waals surface area contributed by atoms with Crippen LogP contribution in [0.25, 0.3) is 0 Å². The van der Waals surface area contributed by atoms with E-state index in [0.717, 1.165) is 37.9 Å². The van der Waals surface area contributed by atoms with Crippen LogP contribution in [0, 0.1) is 0 Å². The highest BCUT2D eigenvalue weighted by molar-refractivity contribution is 5.77. The Hall–Kier alpha value is -2.24. The van der Waals surface area contributed by atoms with Gasteiger partial charge in [0, 0.05) is 38.5 Å². The van der Waals surface area contributed by atoms with E-state index in [1.807, 2.05) is 28.9 Å². The number of carbonyl (C=O) groups is 2. The Morgan fingerprint density at radius 1 is 1.14 bits per heavy atom. The summed E-state index contributed by atoms with van der Waals surface area (Å²) in [4.78, 5) is 29.1. The summed E-state index contributed by atoms with van der Waals surface area (Å²) in [6.07, 6.45) is 6.51. The van der Waals surface area contributed by atoms with Gasteiger partial charge in [-0.2, -0.15) is 0 Å². The predicted octanol–water partition coefficient (Wildman–Crippen LogP) is 3.52. The van der Waals surface area contributed by atoms with Crippen molar-refractivity contribution in [2.75, 3.05) is 26.2 Å². The maximum Gasteiger partial charge on any atom is 0.317 e. The summed E-state index contributed by atoms with van der Waals surface area (Å²) in [7, 11) is 0. The second kappa shape index (κ2) is 8.25. The van der Waals surface area contributed by atoms with E-state index in [4.69, 9.17) is 4.74 Å². The summed E-state index contributed by atoms with van der Waals surface area (Å²) in [5, 5.41) is 3.23. The van der Waals surface area contributed by atoms with Crippen molar-refractivity contribution in [3.05, 3.63) is 29.8 Å². The quantitative estimate of drug-likeness (QED) is 0.843. The van der Waals surface area contributed by atoms with E-state index in [1.54, 1.807) is 6.92 Å². The zero-order chi connectivity index (χ0) is 20.4. The number of rotatable bonds is 4. The maximum absolute atomic E-state index is 13.0. The van der Waals surface area contributed by atoms with Crippen molar-refractivity contribution in [3.8, 4) is 5.75 Å². The molecule has 1 saturated heterocycles. The molecule has 0 unspecified atom stereocenters. The van der Waals surface area contributed by atoms with Crippen LogP contribution in [0.2, 0.25) is 0 Å². The van der Waals surface area contributed by atoms with Crippen LogP contribution in [-0.4, -0.2) is 59.6 Å². The Kier molecular flexibility index (Phi) is 5.70. The summed E-state index contributed by atoms with van der Waals surface area (Å²) >= 11 is 0. The Balaban J connectivity index is 1.35. The SMILES string of the molecule is CCOc1ccc([C@@H]2C[C@H]2NC(=O)N2CCN(C(C)=O)C3(CCCCC3)C2)cc1. The van der Waals surface area contributed by atoms with E-state index in [0.29, 0.717) is 32.2 Å². The maximum atomic E-state index is 13.0. The summed E-state index contributed by atoms with van der Waals surface area (Å²) in [5.74, 6) is 1.42. The Bertz CT molecular complexity index is 742. The van der Waals surface area contributed by atoms with Crippen LogP contribution >= 0.6 is 0 Å². The third kappa shape index (κ3) is 4.21. The molecule has 3 aliphatic rings. The van der Waals surface area contributed by atoms with Gasteiger partial charge < -0.3 is 19.9 Å². The summed E-state index contributed by atoms with van der Waals surface area (Å²) in [5.41, 5.74) is 1.10. The van der Waals surface area contributed by atoms with Crippen molar-refractivity contribution in [1.82, 2.24) is 15.1 Å². The van der Waals surface area contributed by atoms with Crippen LogP contribution in [0.1, 0.15) is 63.9 Å². The first-order valence-electron chi connectivity index (χ1n) is 11.1. The number of urea groups is 1. The van der Waals surface area contributed by atoms with Crippen molar-refractivity contribution >= 4 is 11.9 Å². The number of hydrogen-bond acceptors (Lipinski definition) is 3. The van der Waals surface area contributed by atoms with Gasteiger partial charge in [0.1, 0.15) is 5.75 Å². The van der Waals surface area contributed by atoms with Crippen molar-refractivity contribution in [1.29, 1.82) is 0 Å². The Labute approximate surface area is 173 Å². The van der Waals surface area contributed by atoms with Gasteiger partial charge in [0.25, 0.3) is 0 Å². The van der Waals surface area contributed by atoms with Crippen molar-refractivity contribution < 1.29 is 14.3 Å². The molecule has 6 nitrogen and oxygen atoms in total. The summed E-state index contributed by atoms with van der Waals surface area (Å²) in [6, 6.07) is 8.44. The molecule has 3 fully saturated rings. The van der Waals surface area contributed by atoms with Crippen LogP contribution in [-0.2, 0) is 4.79 Å². The molecule has 1 aromatic carbocycles. The lowest BCUT2D eigenvalue weighted by atomic mass is 9.78. The standard InChI is InChI=1S/C23H33N3O3/c1-3-29-19-9-7-18(8-10-19)20-15-21(20)24-22(28)25-13-14-26(17(2)27)23(16-25)11-5-4-6-12-23/h7-10,20-21H,3-6,11-16H2,1-2H3,(H,24,28)/t20-,21+/m0/s1. The molecular formula is C23H33N3O3. The van der Waals surface area contributed by atoms with Gasteiger partial charge in [-0.3, -0.25) is 4.79 Å². The molecule has 3 amide bonds. The molecule has 2 atom stereocenters. The molecule has 1 aromatic rings. The molecule has 0 radical (unpaired) electrons. The first-order chi connectivity index (χ1) is 14.0. The monoisotopic (exact) mass is 399 g/mol. The van der Waals surface area contributed by atoms with Crippen molar-refractivity contribution in [3.63, 3.8) is 0 Å². The topological polar surface area (TPSA) is 61.9 Å². The molecule has 1 spiro atoms. The van der Waals surface area contributed by atoms with Gasteiger partial charge in [-0.05, 0) is 43.9 Å². The number of amides is 3. The molecule has 29 heavy (non-hydrogen) atoms. The second-order valence-electron chi connectivity index (χ2n) is 8.78. The van der Waals surface area contributed by atoms with Crippen molar-refractivity contribution in [2.24, 2.45) is 0 Å². The number of carbonyl (C=O) groups excluding carboxylic acids is 2. The molecule has 1 N–H and O–H groups in total. The van der Waals surface area contributed by atoms with Gasteiger partial charge in [0.15, 0.2) is 0 Å².